The number of nitrogens with zero attached hydrogens (tertiary/aromatic N) is 4. The number of carbonyl (C=O) groups is 2. The number of rotatable bonds is 12. The predicted molar refractivity (Wildman–Crippen MR) is 83.7 cm³/mol. The van der Waals surface area contributed by atoms with Crippen LogP contribution in [-0.2, 0) is 9.59 Å². The van der Waals surface area contributed by atoms with E-state index < -0.39 is 53.0 Å². The molecule has 0 aliphatic rings. The van der Waals surface area contributed by atoms with E-state index in [1.54, 1.807) is 13.8 Å². The molecule has 1 rings (SSSR count). The number of hydrogen-bond donors (Lipinski definition) is 0. The molecule has 0 bridgehead atoms. The predicted octanol–water partition coefficient (Wildman–Crippen LogP) is -7.63. The third-order valence-electron chi connectivity index (χ3n) is 3.09. The summed E-state index contributed by atoms with van der Waals surface area (Å²) in [5.74, 6) is -4.71. The molecule has 0 aromatic heterocycles. The standard InChI is InChI=1S/C14H18N4O10.2K/c1-3-16(4-2)18(25)15-28-10-6-12(27-8-14(21)22)11(26-7-13(19)20)5-9(10)17(23)24;;/h5-6H,3-4,7-8H2,1-2H3,(H,19,20)(H,21,22);;/q;2*+1/p-2/b18-15-;;. The SMILES string of the molecule is CCN(CC)/[N+]([O-])=N/Oc1cc(OCC(=O)[O-])c(OCC(=O)[O-])cc1[N+](=O)[O-].[K+].[K+]. The zero-order chi connectivity index (χ0) is 21.3. The molecule has 0 aliphatic carbocycles. The molecule has 154 valence electrons. The Morgan fingerprint density at radius 1 is 0.967 bits per heavy atom. The number of benzene rings is 1. The Bertz CT molecular complexity index is 773. The zero-order valence-electron chi connectivity index (χ0n) is 16.9. The van der Waals surface area contributed by atoms with Crippen molar-refractivity contribution in [3.8, 4) is 17.2 Å². The average molecular weight is 478 g/mol. The summed E-state index contributed by atoms with van der Waals surface area (Å²) >= 11 is 0. The summed E-state index contributed by atoms with van der Waals surface area (Å²) in [7, 11) is 0. The number of hydrazine groups is 1. The van der Waals surface area contributed by atoms with Gasteiger partial charge in [0.1, 0.15) is 13.2 Å². The van der Waals surface area contributed by atoms with Crippen LogP contribution in [0.1, 0.15) is 13.8 Å². The molecule has 0 saturated carbocycles. The van der Waals surface area contributed by atoms with Crippen LogP contribution in [0.4, 0.5) is 5.69 Å². The number of nitro benzene ring substituents is 1. The fraction of sp³-hybridized carbons (Fsp3) is 0.429. The Kier molecular flexibility index (Phi) is 17.0. The molecular formula is C14H16K2N4O10. The molecule has 0 fully saturated rings. The summed E-state index contributed by atoms with van der Waals surface area (Å²) in [5.41, 5.74) is -0.745. The second-order valence-electron chi connectivity index (χ2n) is 4.91. The van der Waals surface area contributed by atoms with Gasteiger partial charge in [0, 0.05) is 6.07 Å². The van der Waals surface area contributed by atoms with E-state index in [4.69, 9.17) is 14.3 Å². The van der Waals surface area contributed by atoms with Gasteiger partial charge in [-0.1, -0.05) is 0 Å². The molecule has 1 aromatic carbocycles. The summed E-state index contributed by atoms with van der Waals surface area (Å²) in [4.78, 5) is 36.3. The van der Waals surface area contributed by atoms with E-state index in [1.807, 2.05) is 0 Å². The van der Waals surface area contributed by atoms with E-state index in [-0.39, 0.29) is 121 Å². The number of carbonyl (C=O) groups excluding carboxylic acids is 2. The van der Waals surface area contributed by atoms with E-state index in [1.165, 1.54) is 5.01 Å². The first-order chi connectivity index (χ1) is 13.2. The monoisotopic (exact) mass is 478 g/mol. The van der Waals surface area contributed by atoms with Gasteiger partial charge in [-0.2, -0.15) is 0 Å². The molecule has 0 unspecified atom stereocenters. The summed E-state index contributed by atoms with van der Waals surface area (Å²) in [6, 6.07) is 1.55. The van der Waals surface area contributed by atoms with Gasteiger partial charge in [0.25, 0.3) is 0 Å². The number of ether oxygens (including phenoxy) is 2. The van der Waals surface area contributed by atoms with Crippen LogP contribution >= 0.6 is 0 Å². The van der Waals surface area contributed by atoms with Crippen molar-refractivity contribution >= 4 is 17.6 Å². The van der Waals surface area contributed by atoms with E-state index in [0.717, 1.165) is 12.1 Å². The number of nitro groups is 1. The quantitative estimate of drug-likeness (QED) is 0.0910. The van der Waals surface area contributed by atoms with Crippen LogP contribution in [0.2, 0.25) is 0 Å². The Morgan fingerprint density at radius 3 is 1.83 bits per heavy atom. The molecule has 0 atom stereocenters. The van der Waals surface area contributed by atoms with E-state index in [2.05, 4.69) is 5.28 Å². The minimum absolute atomic E-state index is 0. The average Bonchev–Trinajstić information content (AvgIpc) is 2.63. The largest absolute Gasteiger partial charge is 1.00 e. The second-order valence-corrected chi connectivity index (χ2v) is 4.91. The van der Waals surface area contributed by atoms with Crippen LogP contribution in [-0.4, -0.2) is 53.1 Å². The summed E-state index contributed by atoms with van der Waals surface area (Å²) in [6.45, 7) is 1.95. The minimum atomic E-state index is -1.63. The molecule has 0 radical (unpaired) electrons. The van der Waals surface area contributed by atoms with Crippen LogP contribution in [0.5, 0.6) is 17.2 Å². The van der Waals surface area contributed by atoms with Gasteiger partial charge in [0.05, 0.1) is 41.0 Å². The molecule has 0 saturated heterocycles. The van der Waals surface area contributed by atoms with Crippen LogP contribution < -0.4 is 127 Å². The fourth-order valence-corrected chi connectivity index (χ4v) is 1.84. The Morgan fingerprint density at radius 2 is 1.43 bits per heavy atom. The van der Waals surface area contributed by atoms with Gasteiger partial charge in [0.2, 0.25) is 11.0 Å². The zero-order valence-corrected chi connectivity index (χ0v) is 23.1. The summed E-state index contributed by atoms with van der Waals surface area (Å²) in [6.07, 6.45) is 0. The van der Waals surface area contributed by atoms with Gasteiger partial charge < -0.3 is 34.5 Å². The molecule has 0 spiro atoms. The molecule has 1 aromatic rings. The molecule has 30 heavy (non-hydrogen) atoms. The first kappa shape index (κ1) is 31.6. The number of carboxylic acids is 2. The molecule has 0 amide bonds. The normalized spacial score (nSPS) is 10.1. The third kappa shape index (κ3) is 10.6. The number of aliphatic carboxylic acids is 2. The maximum Gasteiger partial charge on any atom is 1.00 e. The van der Waals surface area contributed by atoms with Crippen molar-refractivity contribution in [3.05, 3.63) is 27.5 Å². The van der Waals surface area contributed by atoms with Crippen LogP contribution in [0, 0.1) is 15.3 Å². The van der Waals surface area contributed by atoms with Gasteiger partial charge in [-0.3, -0.25) is 15.0 Å². The Hall–Kier alpha value is -0.567. The van der Waals surface area contributed by atoms with Gasteiger partial charge >= 0.3 is 108 Å². The topological polar surface area (TPSA) is 193 Å². The van der Waals surface area contributed by atoms with Crippen LogP contribution in [0.15, 0.2) is 17.4 Å². The first-order valence-corrected chi connectivity index (χ1v) is 7.77. The summed E-state index contributed by atoms with van der Waals surface area (Å²) in [5, 5.41) is 48.5. The smallest absolute Gasteiger partial charge is 0.569 e. The van der Waals surface area contributed by atoms with E-state index in [0.29, 0.717) is 0 Å². The molecular weight excluding hydrogens is 462 g/mol. The van der Waals surface area contributed by atoms with Gasteiger partial charge in [-0.05, 0) is 13.8 Å². The maximum absolute atomic E-state index is 11.8. The second kappa shape index (κ2) is 16.1. The summed E-state index contributed by atoms with van der Waals surface area (Å²) < 4.78 is 9.66. The van der Waals surface area contributed by atoms with E-state index in [9.17, 15) is 35.1 Å². The maximum atomic E-state index is 11.8. The van der Waals surface area contributed by atoms with Crippen molar-refractivity contribution in [2.75, 3.05) is 26.3 Å². The van der Waals surface area contributed by atoms with Gasteiger partial charge in [-0.15, -0.1) is 5.01 Å². The van der Waals surface area contributed by atoms with Crippen LogP contribution in [0.25, 0.3) is 0 Å². The number of carboxylic acid groups (broad SMARTS) is 2. The minimum Gasteiger partial charge on any atom is -0.569 e. The van der Waals surface area contributed by atoms with Crippen molar-refractivity contribution in [1.82, 2.24) is 5.01 Å². The van der Waals surface area contributed by atoms with Gasteiger partial charge in [0.15, 0.2) is 11.5 Å². The third-order valence-corrected chi connectivity index (χ3v) is 3.09. The van der Waals surface area contributed by atoms with Crippen molar-refractivity contribution < 1.29 is 147 Å². The van der Waals surface area contributed by atoms with Gasteiger partial charge in [-0.25, -0.2) is 0 Å². The van der Waals surface area contributed by atoms with Crippen LogP contribution in [0.3, 0.4) is 0 Å². The first-order valence-electron chi connectivity index (χ1n) is 7.77. The van der Waals surface area contributed by atoms with Crippen molar-refractivity contribution in [2.24, 2.45) is 5.28 Å². The van der Waals surface area contributed by atoms with Crippen molar-refractivity contribution in [1.29, 1.82) is 0 Å². The molecule has 0 heterocycles. The van der Waals surface area contributed by atoms with Crippen molar-refractivity contribution in [3.63, 3.8) is 0 Å². The Labute approximate surface area is 255 Å². The Balaban J connectivity index is 0. The molecule has 16 heteroatoms. The molecule has 0 N–H and O–H groups in total. The molecule has 14 nitrogen and oxygen atoms in total. The fourth-order valence-electron chi connectivity index (χ4n) is 1.84. The number of hydrogen-bond acceptors (Lipinski definition) is 11. The molecule has 0 aliphatic heterocycles. The van der Waals surface area contributed by atoms with Crippen molar-refractivity contribution in [2.45, 2.75) is 13.8 Å². The van der Waals surface area contributed by atoms with E-state index >= 15 is 0 Å².